The Balaban J connectivity index is 1.98. The van der Waals surface area contributed by atoms with Gasteiger partial charge in [0.2, 0.25) is 0 Å². The summed E-state index contributed by atoms with van der Waals surface area (Å²) in [5, 5.41) is 14.4. The van der Waals surface area contributed by atoms with Crippen molar-refractivity contribution in [2.24, 2.45) is 0 Å². The van der Waals surface area contributed by atoms with Gasteiger partial charge in [-0.15, -0.1) is 11.3 Å². The van der Waals surface area contributed by atoms with Crippen LogP contribution >= 0.6 is 11.3 Å². The van der Waals surface area contributed by atoms with Gasteiger partial charge in [0.05, 0.1) is 17.1 Å². The summed E-state index contributed by atoms with van der Waals surface area (Å²) in [6.45, 7) is 5.01. The molecule has 3 rings (SSSR count). The number of carbonyl (C=O) groups is 2. The van der Waals surface area contributed by atoms with E-state index in [9.17, 15) is 19.7 Å². The highest BCUT2D eigenvalue weighted by Crippen LogP contribution is 2.38. The van der Waals surface area contributed by atoms with Crippen LogP contribution in [-0.4, -0.2) is 41.9 Å². The van der Waals surface area contributed by atoms with Crippen molar-refractivity contribution in [3.8, 4) is 0 Å². The van der Waals surface area contributed by atoms with Crippen LogP contribution in [0.15, 0.2) is 18.2 Å². The molecule has 0 atom stereocenters. The van der Waals surface area contributed by atoms with E-state index in [1.165, 1.54) is 36.5 Å². The number of likely N-dealkylation sites (N-methyl/N-ethyl adjacent to an activating group) is 1. The van der Waals surface area contributed by atoms with Crippen LogP contribution in [0.2, 0.25) is 0 Å². The molecule has 0 spiro atoms. The number of esters is 1. The number of nitrogens with one attached hydrogen (secondary N) is 1. The topological polar surface area (TPSA) is 102 Å². The molecule has 8 nitrogen and oxygen atoms in total. The second-order valence-corrected chi connectivity index (χ2v) is 7.68. The molecule has 1 aromatic carbocycles. The largest absolute Gasteiger partial charge is 0.462 e. The molecule has 1 aromatic heterocycles. The third-order valence-corrected chi connectivity index (χ3v) is 5.83. The van der Waals surface area contributed by atoms with Crippen LogP contribution in [0.4, 0.5) is 10.7 Å². The van der Waals surface area contributed by atoms with Crippen LogP contribution in [0, 0.1) is 17.0 Å². The normalized spacial score (nSPS) is 13.7. The van der Waals surface area contributed by atoms with Gasteiger partial charge in [-0.1, -0.05) is 6.07 Å². The minimum atomic E-state index is -0.518. The monoisotopic (exact) mass is 403 g/mol. The van der Waals surface area contributed by atoms with E-state index < -0.39 is 16.8 Å². The number of nitrogens with zero attached hydrogens (tertiary/aromatic N) is 2. The van der Waals surface area contributed by atoms with Crippen LogP contribution < -0.4 is 5.32 Å². The highest BCUT2D eigenvalue weighted by atomic mass is 32.1. The second kappa shape index (κ2) is 8.07. The summed E-state index contributed by atoms with van der Waals surface area (Å²) in [6, 6.07) is 4.36. The summed E-state index contributed by atoms with van der Waals surface area (Å²) in [6.07, 6.45) is 0.697. The van der Waals surface area contributed by atoms with Crippen molar-refractivity contribution in [1.29, 1.82) is 0 Å². The zero-order valence-electron chi connectivity index (χ0n) is 15.9. The Morgan fingerprint density at radius 2 is 2.14 bits per heavy atom. The van der Waals surface area contributed by atoms with Crippen LogP contribution in [0.5, 0.6) is 0 Å². The number of hydrogen-bond donors (Lipinski definition) is 1. The van der Waals surface area contributed by atoms with Crippen molar-refractivity contribution in [2.45, 2.75) is 26.8 Å². The highest BCUT2D eigenvalue weighted by Gasteiger charge is 2.29. The number of amides is 1. The van der Waals surface area contributed by atoms with Gasteiger partial charge in [0.1, 0.15) is 5.00 Å². The van der Waals surface area contributed by atoms with Crippen LogP contribution in [0.3, 0.4) is 0 Å². The lowest BCUT2D eigenvalue weighted by Crippen LogP contribution is -2.26. The first-order valence-electron chi connectivity index (χ1n) is 8.89. The van der Waals surface area contributed by atoms with E-state index >= 15 is 0 Å². The molecule has 28 heavy (non-hydrogen) atoms. The van der Waals surface area contributed by atoms with Crippen molar-refractivity contribution in [3.05, 3.63) is 55.4 Å². The van der Waals surface area contributed by atoms with Crippen LogP contribution in [-0.2, 0) is 17.7 Å². The van der Waals surface area contributed by atoms with Gasteiger partial charge >= 0.3 is 5.97 Å². The molecular weight excluding hydrogens is 382 g/mol. The first kappa shape index (κ1) is 20.0. The number of nitro groups is 1. The summed E-state index contributed by atoms with van der Waals surface area (Å²) in [7, 11) is 2.00. The molecule has 9 heteroatoms. The molecule has 0 radical (unpaired) electrons. The summed E-state index contributed by atoms with van der Waals surface area (Å²) < 4.78 is 5.19. The van der Waals surface area contributed by atoms with Gasteiger partial charge in [-0.2, -0.15) is 0 Å². The van der Waals surface area contributed by atoms with Gasteiger partial charge < -0.3 is 15.0 Å². The first-order valence-corrected chi connectivity index (χ1v) is 9.70. The quantitative estimate of drug-likeness (QED) is 0.466. The molecule has 0 fully saturated rings. The lowest BCUT2D eigenvalue weighted by molar-refractivity contribution is -0.385. The van der Waals surface area contributed by atoms with E-state index in [1.54, 1.807) is 6.92 Å². The number of carbonyl (C=O) groups excluding carboxylic acids is 2. The fraction of sp³-hybridized carbons (Fsp3) is 0.368. The van der Waals surface area contributed by atoms with Gasteiger partial charge in [0.25, 0.3) is 11.6 Å². The van der Waals surface area contributed by atoms with Crippen molar-refractivity contribution in [2.75, 3.05) is 25.5 Å². The van der Waals surface area contributed by atoms with Gasteiger partial charge in [-0.3, -0.25) is 14.9 Å². The average molecular weight is 403 g/mol. The molecule has 1 aliphatic rings. The maximum atomic E-state index is 12.8. The molecule has 1 aliphatic heterocycles. The smallest absolute Gasteiger partial charge is 0.341 e. The van der Waals surface area contributed by atoms with Crippen LogP contribution in [0.1, 0.15) is 43.6 Å². The number of benzene rings is 1. The fourth-order valence-corrected chi connectivity index (χ4v) is 4.59. The summed E-state index contributed by atoms with van der Waals surface area (Å²) in [5.74, 6) is -0.950. The molecular formula is C19H21N3O5S. The number of thiophene rings is 1. The standard InChI is InChI=1S/C19H21N3O5S/c1-4-27-19(24)16-13-8-9-21(3)10-15(13)28-18(16)20-17(23)12-6-5-7-14(11(12)2)22(25)26/h5-7H,4,8-10H2,1-3H3,(H,20,23). The van der Waals surface area contributed by atoms with E-state index in [0.717, 1.165) is 17.0 Å². The zero-order valence-corrected chi connectivity index (χ0v) is 16.7. The van der Waals surface area contributed by atoms with E-state index in [2.05, 4.69) is 10.2 Å². The maximum absolute atomic E-state index is 12.8. The molecule has 148 valence electrons. The average Bonchev–Trinajstić information content (AvgIpc) is 2.98. The Morgan fingerprint density at radius 3 is 2.82 bits per heavy atom. The molecule has 0 bridgehead atoms. The minimum absolute atomic E-state index is 0.120. The summed E-state index contributed by atoms with van der Waals surface area (Å²) in [5.41, 5.74) is 1.67. The minimum Gasteiger partial charge on any atom is -0.462 e. The Morgan fingerprint density at radius 1 is 1.39 bits per heavy atom. The molecule has 1 amide bonds. The van der Waals surface area contributed by atoms with Gasteiger partial charge in [-0.05, 0) is 38.9 Å². The number of rotatable bonds is 5. The van der Waals surface area contributed by atoms with Crippen molar-refractivity contribution >= 4 is 33.9 Å². The van der Waals surface area contributed by atoms with Crippen molar-refractivity contribution in [3.63, 3.8) is 0 Å². The lowest BCUT2D eigenvalue weighted by Gasteiger charge is -2.22. The fourth-order valence-electron chi connectivity index (χ4n) is 3.28. The molecule has 2 heterocycles. The summed E-state index contributed by atoms with van der Waals surface area (Å²) >= 11 is 1.35. The highest BCUT2D eigenvalue weighted by molar-refractivity contribution is 7.17. The van der Waals surface area contributed by atoms with E-state index in [-0.39, 0.29) is 23.4 Å². The van der Waals surface area contributed by atoms with Crippen LogP contribution in [0.25, 0.3) is 0 Å². The van der Waals surface area contributed by atoms with Gasteiger partial charge in [-0.25, -0.2) is 4.79 Å². The Hall–Kier alpha value is -2.78. The number of ether oxygens (including phenoxy) is 1. The van der Waals surface area contributed by atoms with Gasteiger partial charge in [0.15, 0.2) is 0 Å². The predicted octanol–water partition coefficient (Wildman–Crippen LogP) is 3.38. The third kappa shape index (κ3) is 3.76. The zero-order chi connectivity index (χ0) is 20.4. The summed E-state index contributed by atoms with van der Waals surface area (Å²) in [4.78, 5) is 39.2. The lowest BCUT2D eigenvalue weighted by atomic mass is 10.0. The van der Waals surface area contributed by atoms with Gasteiger partial charge in [0, 0.05) is 35.2 Å². The SMILES string of the molecule is CCOC(=O)c1c(NC(=O)c2cccc([N+](=O)[O-])c2C)sc2c1CCN(C)C2. The molecule has 0 saturated heterocycles. The van der Waals surface area contributed by atoms with Crippen molar-refractivity contribution in [1.82, 2.24) is 4.90 Å². The predicted molar refractivity (Wildman–Crippen MR) is 106 cm³/mol. The second-order valence-electron chi connectivity index (χ2n) is 6.58. The van der Waals surface area contributed by atoms with E-state index in [1.807, 2.05) is 7.05 Å². The molecule has 1 N–H and O–H groups in total. The van der Waals surface area contributed by atoms with Crippen molar-refractivity contribution < 1.29 is 19.2 Å². The number of fused-ring (bicyclic) bond motifs is 1. The van der Waals surface area contributed by atoms with E-state index in [4.69, 9.17) is 4.74 Å². The van der Waals surface area contributed by atoms with E-state index in [0.29, 0.717) is 23.5 Å². The third-order valence-electron chi connectivity index (χ3n) is 4.70. The Labute approximate surface area is 166 Å². The number of anilines is 1. The molecule has 0 aliphatic carbocycles. The number of hydrogen-bond acceptors (Lipinski definition) is 7. The molecule has 0 unspecified atom stereocenters. The number of nitro benzene ring substituents is 1. The maximum Gasteiger partial charge on any atom is 0.341 e. The Bertz CT molecular complexity index is 953. The first-order chi connectivity index (χ1) is 13.3. The Kier molecular flexibility index (Phi) is 5.76. The molecule has 0 saturated carbocycles. The molecule has 2 aromatic rings.